The predicted molar refractivity (Wildman–Crippen MR) is 66.4 cm³/mol. The second-order valence-corrected chi connectivity index (χ2v) is 4.48. The molecule has 0 amide bonds. The Morgan fingerprint density at radius 2 is 1.83 bits per heavy atom. The maximum Gasteiger partial charge on any atom is 0.401 e. The van der Waals surface area contributed by atoms with E-state index in [0.717, 1.165) is 5.56 Å². The lowest BCUT2D eigenvalue weighted by atomic mass is 9.94. The number of hydrogen-bond donors (Lipinski definition) is 2. The van der Waals surface area contributed by atoms with Gasteiger partial charge in [0.15, 0.2) is 0 Å². The standard InChI is InChI=1S/C13H19F3N2/c1-10(11-5-3-2-4-6-11)7-12(8-17)18-9-13(14,15)16/h2-6,10,12,18H,7-9,17H2,1H3. The molecule has 5 heteroatoms. The second kappa shape index (κ2) is 6.75. The van der Waals surface area contributed by atoms with Crippen molar-refractivity contribution in [1.29, 1.82) is 0 Å². The monoisotopic (exact) mass is 260 g/mol. The SMILES string of the molecule is CC(CC(CN)NCC(F)(F)F)c1ccccc1. The van der Waals surface area contributed by atoms with Crippen molar-refractivity contribution in [3.05, 3.63) is 35.9 Å². The summed E-state index contributed by atoms with van der Waals surface area (Å²) in [6.07, 6.45) is -3.60. The third-order valence-corrected chi connectivity index (χ3v) is 2.88. The van der Waals surface area contributed by atoms with E-state index in [4.69, 9.17) is 5.73 Å². The molecule has 2 atom stereocenters. The van der Waals surface area contributed by atoms with Gasteiger partial charge in [-0.05, 0) is 17.9 Å². The van der Waals surface area contributed by atoms with Gasteiger partial charge in [0.2, 0.25) is 0 Å². The van der Waals surface area contributed by atoms with Crippen LogP contribution in [0.15, 0.2) is 30.3 Å². The molecule has 1 aromatic carbocycles. The van der Waals surface area contributed by atoms with Crippen molar-refractivity contribution < 1.29 is 13.2 Å². The largest absolute Gasteiger partial charge is 0.401 e. The summed E-state index contributed by atoms with van der Waals surface area (Å²) < 4.78 is 36.3. The van der Waals surface area contributed by atoms with Gasteiger partial charge in [-0.2, -0.15) is 13.2 Å². The van der Waals surface area contributed by atoms with Crippen LogP contribution in [-0.2, 0) is 0 Å². The van der Waals surface area contributed by atoms with Crippen molar-refractivity contribution >= 4 is 0 Å². The average molecular weight is 260 g/mol. The average Bonchev–Trinajstić information content (AvgIpc) is 2.34. The molecular weight excluding hydrogens is 241 g/mol. The van der Waals surface area contributed by atoms with Crippen LogP contribution < -0.4 is 11.1 Å². The molecule has 0 saturated carbocycles. The first kappa shape index (κ1) is 15.0. The number of nitrogens with one attached hydrogen (secondary N) is 1. The molecule has 3 N–H and O–H groups in total. The van der Waals surface area contributed by atoms with Gasteiger partial charge in [0.05, 0.1) is 6.54 Å². The molecule has 0 aliphatic rings. The molecule has 18 heavy (non-hydrogen) atoms. The van der Waals surface area contributed by atoms with Crippen LogP contribution in [0.5, 0.6) is 0 Å². The molecule has 0 heterocycles. The molecule has 1 rings (SSSR count). The smallest absolute Gasteiger partial charge is 0.329 e. The van der Waals surface area contributed by atoms with E-state index in [9.17, 15) is 13.2 Å². The van der Waals surface area contributed by atoms with Crippen LogP contribution in [0.4, 0.5) is 13.2 Å². The van der Waals surface area contributed by atoms with E-state index in [1.807, 2.05) is 37.3 Å². The maximum atomic E-state index is 12.1. The summed E-state index contributed by atoms with van der Waals surface area (Å²) in [5, 5.41) is 2.46. The molecule has 102 valence electrons. The number of alkyl halides is 3. The van der Waals surface area contributed by atoms with Crippen LogP contribution in [0.25, 0.3) is 0 Å². The molecular formula is C13H19F3N2. The minimum Gasteiger partial charge on any atom is -0.329 e. The molecule has 2 unspecified atom stereocenters. The van der Waals surface area contributed by atoms with E-state index in [-0.39, 0.29) is 18.5 Å². The number of halogens is 3. The molecule has 0 bridgehead atoms. The summed E-state index contributed by atoms with van der Waals surface area (Å²) >= 11 is 0. The minimum atomic E-state index is -4.19. The van der Waals surface area contributed by atoms with Crippen LogP contribution in [0.3, 0.4) is 0 Å². The number of nitrogens with two attached hydrogens (primary N) is 1. The molecule has 0 fully saturated rings. The van der Waals surface area contributed by atoms with Crippen LogP contribution >= 0.6 is 0 Å². The van der Waals surface area contributed by atoms with Gasteiger partial charge in [-0.25, -0.2) is 0 Å². The Bertz CT molecular complexity index is 338. The normalized spacial score (nSPS) is 15.4. The number of rotatable bonds is 6. The molecule has 0 saturated heterocycles. The Morgan fingerprint density at radius 3 is 2.33 bits per heavy atom. The van der Waals surface area contributed by atoms with Gasteiger partial charge in [-0.1, -0.05) is 37.3 Å². The zero-order valence-electron chi connectivity index (χ0n) is 10.4. The fraction of sp³-hybridized carbons (Fsp3) is 0.538. The highest BCUT2D eigenvalue weighted by Gasteiger charge is 2.28. The van der Waals surface area contributed by atoms with Crippen LogP contribution in [0.1, 0.15) is 24.8 Å². The van der Waals surface area contributed by atoms with Crippen LogP contribution in [0.2, 0.25) is 0 Å². The van der Waals surface area contributed by atoms with Gasteiger partial charge in [-0.15, -0.1) is 0 Å². The third-order valence-electron chi connectivity index (χ3n) is 2.88. The topological polar surface area (TPSA) is 38.0 Å². The Balaban J connectivity index is 2.48. The molecule has 0 radical (unpaired) electrons. The fourth-order valence-corrected chi connectivity index (χ4v) is 1.87. The van der Waals surface area contributed by atoms with E-state index in [2.05, 4.69) is 5.32 Å². The Kier molecular flexibility index (Phi) is 5.62. The van der Waals surface area contributed by atoms with E-state index >= 15 is 0 Å². The molecule has 0 aromatic heterocycles. The van der Waals surface area contributed by atoms with E-state index in [0.29, 0.717) is 6.42 Å². The summed E-state index contributed by atoms with van der Waals surface area (Å²) in [5.41, 5.74) is 6.61. The predicted octanol–water partition coefficient (Wildman–Crippen LogP) is 2.66. The molecule has 2 nitrogen and oxygen atoms in total. The van der Waals surface area contributed by atoms with E-state index in [1.54, 1.807) is 0 Å². The zero-order chi connectivity index (χ0) is 13.6. The first-order valence-electron chi connectivity index (χ1n) is 5.97. The maximum absolute atomic E-state index is 12.1. The molecule has 0 spiro atoms. The van der Waals surface area contributed by atoms with Gasteiger partial charge < -0.3 is 11.1 Å². The van der Waals surface area contributed by atoms with Gasteiger partial charge in [-0.3, -0.25) is 0 Å². The van der Waals surface area contributed by atoms with Crippen molar-refractivity contribution in [3.8, 4) is 0 Å². The van der Waals surface area contributed by atoms with Crippen molar-refractivity contribution in [2.24, 2.45) is 5.73 Å². The Morgan fingerprint density at radius 1 is 1.22 bits per heavy atom. The summed E-state index contributed by atoms with van der Waals surface area (Å²) in [7, 11) is 0. The number of hydrogen-bond acceptors (Lipinski definition) is 2. The van der Waals surface area contributed by atoms with Crippen molar-refractivity contribution in [2.45, 2.75) is 31.5 Å². The first-order valence-corrected chi connectivity index (χ1v) is 5.97. The summed E-state index contributed by atoms with van der Waals surface area (Å²) in [5.74, 6) is 0.181. The lowest BCUT2D eigenvalue weighted by Crippen LogP contribution is -2.42. The molecule has 0 aliphatic carbocycles. The quantitative estimate of drug-likeness (QED) is 0.825. The summed E-state index contributed by atoms with van der Waals surface area (Å²) in [4.78, 5) is 0. The van der Waals surface area contributed by atoms with Crippen molar-refractivity contribution in [2.75, 3.05) is 13.1 Å². The highest BCUT2D eigenvalue weighted by atomic mass is 19.4. The lowest BCUT2D eigenvalue weighted by Gasteiger charge is -2.22. The highest BCUT2D eigenvalue weighted by molar-refractivity contribution is 5.18. The van der Waals surface area contributed by atoms with Gasteiger partial charge in [0.1, 0.15) is 0 Å². The van der Waals surface area contributed by atoms with Crippen LogP contribution in [-0.4, -0.2) is 25.3 Å². The van der Waals surface area contributed by atoms with Crippen LogP contribution in [0, 0.1) is 0 Å². The minimum absolute atomic E-state index is 0.181. The van der Waals surface area contributed by atoms with Gasteiger partial charge >= 0.3 is 6.18 Å². The number of benzene rings is 1. The Labute approximate surface area is 105 Å². The van der Waals surface area contributed by atoms with Crippen molar-refractivity contribution in [3.63, 3.8) is 0 Å². The molecule has 0 aliphatic heterocycles. The van der Waals surface area contributed by atoms with E-state index in [1.165, 1.54) is 0 Å². The molecule has 1 aromatic rings. The first-order chi connectivity index (χ1) is 8.42. The highest BCUT2D eigenvalue weighted by Crippen LogP contribution is 2.20. The third kappa shape index (κ3) is 5.51. The van der Waals surface area contributed by atoms with Crippen molar-refractivity contribution in [1.82, 2.24) is 5.32 Å². The Hall–Kier alpha value is -1.07. The summed E-state index contributed by atoms with van der Waals surface area (Å²) in [6.45, 7) is 1.21. The summed E-state index contributed by atoms with van der Waals surface area (Å²) in [6, 6.07) is 9.39. The fourth-order valence-electron chi connectivity index (χ4n) is 1.87. The van der Waals surface area contributed by atoms with Gasteiger partial charge in [0.25, 0.3) is 0 Å². The zero-order valence-corrected chi connectivity index (χ0v) is 10.4. The lowest BCUT2D eigenvalue weighted by molar-refractivity contribution is -0.126. The van der Waals surface area contributed by atoms with E-state index < -0.39 is 12.7 Å². The second-order valence-electron chi connectivity index (χ2n) is 4.48. The van der Waals surface area contributed by atoms with Gasteiger partial charge in [0, 0.05) is 12.6 Å².